The molecule has 2 aromatic rings. The van der Waals surface area contributed by atoms with Crippen LogP contribution in [-0.4, -0.2) is 21.7 Å². The number of thiophene rings is 1. The average Bonchev–Trinajstić information content (AvgIpc) is 3.14. The molecule has 2 rings (SSSR count). The third-order valence-corrected chi connectivity index (χ3v) is 6.90. The second-order valence-electron chi connectivity index (χ2n) is 7.44. The highest BCUT2D eigenvalue weighted by atomic mass is 32.1. The zero-order chi connectivity index (χ0) is 20.6. The van der Waals surface area contributed by atoms with Crippen molar-refractivity contribution in [2.45, 2.75) is 51.5 Å². The van der Waals surface area contributed by atoms with Crippen molar-refractivity contribution in [2.24, 2.45) is 11.7 Å². The van der Waals surface area contributed by atoms with E-state index in [4.69, 9.17) is 15.5 Å². The summed E-state index contributed by atoms with van der Waals surface area (Å²) in [5, 5.41) is 0. The summed E-state index contributed by atoms with van der Waals surface area (Å²) in [6.45, 7) is 1.95. The van der Waals surface area contributed by atoms with E-state index in [1.807, 2.05) is 37.3 Å². The average molecular weight is 424 g/mol. The SMILES string of the molecule is C[C@@H](CCP(=O)(O)O)CC(N)c1ccc(C(=O)CCCCc2ccccc2)s1. The number of unbranched alkanes of at least 4 members (excludes halogenated alkanes) is 1. The van der Waals surface area contributed by atoms with Crippen LogP contribution in [0.5, 0.6) is 0 Å². The molecule has 0 saturated carbocycles. The van der Waals surface area contributed by atoms with Crippen molar-refractivity contribution >= 4 is 24.7 Å². The van der Waals surface area contributed by atoms with Gasteiger partial charge in [0.25, 0.3) is 0 Å². The van der Waals surface area contributed by atoms with Gasteiger partial charge in [-0.3, -0.25) is 9.36 Å². The van der Waals surface area contributed by atoms with Crippen LogP contribution in [0.15, 0.2) is 42.5 Å². The fourth-order valence-electron chi connectivity index (χ4n) is 3.14. The van der Waals surface area contributed by atoms with Gasteiger partial charge in [-0.25, -0.2) is 0 Å². The van der Waals surface area contributed by atoms with E-state index < -0.39 is 7.60 Å². The van der Waals surface area contributed by atoms with Crippen LogP contribution in [0.4, 0.5) is 0 Å². The molecule has 0 radical (unpaired) electrons. The second kappa shape index (κ2) is 11.0. The summed E-state index contributed by atoms with van der Waals surface area (Å²) in [4.78, 5) is 32.1. The van der Waals surface area contributed by atoms with E-state index in [-0.39, 0.29) is 23.9 Å². The second-order valence-corrected chi connectivity index (χ2v) is 10.3. The highest BCUT2D eigenvalue weighted by molar-refractivity contribution is 7.51. The fourth-order valence-corrected chi connectivity index (χ4v) is 4.91. The van der Waals surface area contributed by atoms with Gasteiger partial charge < -0.3 is 15.5 Å². The summed E-state index contributed by atoms with van der Waals surface area (Å²) >= 11 is 1.44. The van der Waals surface area contributed by atoms with Gasteiger partial charge in [-0.05, 0) is 55.7 Å². The van der Waals surface area contributed by atoms with Crippen molar-refractivity contribution in [3.63, 3.8) is 0 Å². The molecule has 2 atom stereocenters. The van der Waals surface area contributed by atoms with E-state index in [0.29, 0.717) is 19.3 Å². The maximum absolute atomic E-state index is 12.4. The summed E-state index contributed by atoms with van der Waals surface area (Å²) in [6.07, 6.45) is 4.36. The normalized spacial score (nSPS) is 14.0. The quantitative estimate of drug-likeness (QED) is 0.255. The lowest BCUT2D eigenvalue weighted by atomic mass is 9.99. The van der Waals surface area contributed by atoms with Gasteiger partial charge in [-0.15, -0.1) is 11.3 Å². The molecule has 1 aromatic carbocycles. The lowest BCUT2D eigenvalue weighted by Crippen LogP contribution is -2.13. The van der Waals surface area contributed by atoms with Gasteiger partial charge in [0.2, 0.25) is 0 Å². The van der Waals surface area contributed by atoms with Gasteiger partial charge >= 0.3 is 7.60 Å². The smallest absolute Gasteiger partial charge is 0.324 e. The lowest BCUT2D eigenvalue weighted by Gasteiger charge is -2.16. The number of nitrogens with two attached hydrogens (primary N) is 1. The number of aryl methyl sites for hydroxylation is 1. The van der Waals surface area contributed by atoms with Crippen LogP contribution in [0.25, 0.3) is 0 Å². The number of Topliss-reactive ketones (excluding diaryl/α,β-unsaturated/α-hetero) is 1. The molecule has 0 spiro atoms. The van der Waals surface area contributed by atoms with Crippen LogP contribution in [0.1, 0.15) is 65.2 Å². The van der Waals surface area contributed by atoms with Crippen molar-refractivity contribution in [3.8, 4) is 0 Å². The van der Waals surface area contributed by atoms with E-state index in [0.717, 1.165) is 29.0 Å². The molecule has 0 saturated heterocycles. The molecule has 1 unspecified atom stereocenters. The minimum Gasteiger partial charge on any atom is -0.324 e. The monoisotopic (exact) mass is 423 g/mol. The van der Waals surface area contributed by atoms with Gasteiger partial charge in [-0.2, -0.15) is 0 Å². The molecule has 0 aliphatic carbocycles. The zero-order valence-corrected chi connectivity index (χ0v) is 18.0. The van der Waals surface area contributed by atoms with Gasteiger partial charge in [-0.1, -0.05) is 37.3 Å². The minimum atomic E-state index is -3.96. The first-order valence-electron chi connectivity index (χ1n) is 9.71. The highest BCUT2D eigenvalue weighted by Crippen LogP contribution is 2.37. The van der Waals surface area contributed by atoms with Crippen LogP contribution in [0.3, 0.4) is 0 Å². The van der Waals surface area contributed by atoms with Crippen LogP contribution >= 0.6 is 18.9 Å². The summed E-state index contributed by atoms with van der Waals surface area (Å²) in [5.41, 5.74) is 7.54. The number of hydrogen-bond donors (Lipinski definition) is 3. The number of benzene rings is 1. The van der Waals surface area contributed by atoms with Gasteiger partial charge in [0.15, 0.2) is 5.78 Å². The van der Waals surface area contributed by atoms with E-state index in [1.165, 1.54) is 16.9 Å². The lowest BCUT2D eigenvalue weighted by molar-refractivity contribution is 0.0983. The van der Waals surface area contributed by atoms with Gasteiger partial charge in [0.05, 0.1) is 11.0 Å². The first-order chi connectivity index (χ1) is 13.2. The van der Waals surface area contributed by atoms with Crippen molar-refractivity contribution in [1.29, 1.82) is 0 Å². The molecule has 1 aromatic heterocycles. The van der Waals surface area contributed by atoms with Crippen LogP contribution in [0, 0.1) is 5.92 Å². The van der Waals surface area contributed by atoms with Crippen molar-refractivity contribution < 1.29 is 19.1 Å². The van der Waals surface area contributed by atoms with E-state index in [2.05, 4.69) is 12.1 Å². The molecule has 0 aliphatic rings. The summed E-state index contributed by atoms with van der Waals surface area (Å²) in [7, 11) is -3.96. The molecule has 0 bridgehead atoms. The summed E-state index contributed by atoms with van der Waals surface area (Å²) in [5.74, 6) is 0.271. The van der Waals surface area contributed by atoms with Crippen molar-refractivity contribution in [2.75, 3.05) is 6.16 Å². The molecule has 1 heterocycles. The highest BCUT2D eigenvalue weighted by Gasteiger charge is 2.19. The van der Waals surface area contributed by atoms with Crippen LogP contribution < -0.4 is 5.73 Å². The standard InChI is InChI=1S/C21H30NO4PS/c1-16(13-14-27(24,25)26)15-18(22)20-11-12-21(28-20)19(23)10-6-5-9-17-7-3-2-4-8-17/h2-4,7-8,11-12,16,18H,5-6,9-10,13-15,22H2,1H3,(H2,24,25,26)/t16-,18?/m0/s1. The van der Waals surface area contributed by atoms with Gasteiger partial charge in [0, 0.05) is 17.3 Å². The third-order valence-electron chi connectivity index (χ3n) is 4.80. The molecule has 7 heteroatoms. The number of carbonyl (C=O) groups is 1. The van der Waals surface area contributed by atoms with Crippen LogP contribution in [-0.2, 0) is 11.0 Å². The molecule has 0 aliphatic heterocycles. The Balaban J connectivity index is 1.75. The third kappa shape index (κ3) is 8.38. The van der Waals surface area contributed by atoms with Gasteiger partial charge in [0.1, 0.15) is 0 Å². The van der Waals surface area contributed by atoms with Crippen molar-refractivity contribution in [3.05, 3.63) is 57.8 Å². The molecule has 0 amide bonds. The van der Waals surface area contributed by atoms with E-state index >= 15 is 0 Å². The molecular formula is C21H30NO4PS. The number of ketones is 1. The Kier molecular flexibility index (Phi) is 9.06. The Morgan fingerprint density at radius 1 is 1.14 bits per heavy atom. The topological polar surface area (TPSA) is 101 Å². The van der Waals surface area contributed by atoms with E-state index in [1.54, 1.807) is 0 Å². The number of rotatable bonds is 12. The molecule has 28 heavy (non-hydrogen) atoms. The maximum Gasteiger partial charge on any atom is 0.325 e. The summed E-state index contributed by atoms with van der Waals surface area (Å²) in [6, 6.07) is 13.8. The predicted molar refractivity (Wildman–Crippen MR) is 115 cm³/mol. The van der Waals surface area contributed by atoms with E-state index in [9.17, 15) is 9.36 Å². The molecule has 154 valence electrons. The molecule has 0 fully saturated rings. The first kappa shape index (κ1) is 23.0. The Hall–Kier alpha value is -1.30. The molecule has 4 N–H and O–H groups in total. The van der Waals surface area contributed by atoms with Crippen molar-refractivity contribution in [1.82, 2.24) is 0 Å². The minimum absolute atomic E-state index is 0.113. The van der Waals surface area contributed by atoms with Crippen LogP contribution in [0.2, 0.25) is 0 Å². The number of carbonyl (C=O) groups excluding carboxylic acids is 1. The first-order valence-corrected chi connectivity index (χ1v) is 12.3. The predicted octanol–water partition coefficient (Wildman–Crippen LogP) is 4.94. The zero-order valence-electron chi connectivity index (χ0n) is 16.3. The number of hydrogen-bond acceptors (Lipinski definition) is 4. The Bertz CT molecular complexity index is 787. The summed E-state index contributed by atoms with van der Waals surface area (Å²) < 4.78 is 11.0. The maximum atomic E-state index is 12.4. The fraction of sp³-hybridized carbons (Fsp3) is 0.476. The molecule has 5 nitrogen and oxygen atoms in total. The largest absolute Gasteiger partial charge is 0.325 e. The Labute approximate surface area is 171 Å². The molecular weight excluding hydrogens is 393 g/mol. The Morgan fingerprint density at radius 2 is 1.86 bits per heavy atom. The Morgan fingerprint density at radius 3 is 2.54 bits per heavy atom.